The molecular weight excluding hydrogens is 358 g/mol. The minimum Gasteiger partial charge on any atom is -0.323 e. The lowest BCUT2D eigenvalue weighted by Crippen LogP contribution is -2.18. The lowest BCUT2D eigenvalue weighted by atomic mass is 10.2. The van der Waals surface area contributed by atoms with E-state index >= 15 is 0 Å². The van der Waals surface area contributed by atoms with Gasteiger partial charge in [-0.3, -0.25) is 15.5 Å². The number of aromatic nitrogens is 1. The van der Waals surface area contributed by atoms with Gasteiger partial charge in [-0.05, 0) is 24.3 Å². The van der Waals surface area contributed by atoms with Crippen molar-refractivity contribution in [1.29, 1.82) is 5.26 Å². The summed E-state index contributed by atoms with van der Waals surface area (Å²) in [6.45, 7) is 0. The maximum atomic E-state index is 12.4. The Kier molecular flexibility index (Phi) is 4.42. The number of hydrogen-bond acceptors (Lipinski definition) is 6. The Bertz CT molecular complexity index is 817. The van der Waals surface area contributed by atoms with Crippen molar-refractivity contribution in [2.24, 2.45) is 5.84 Å². The van der Waals surface area contributed by atoms with Crippen LogP contribution in [0.3, 0.4) is 0 Å². The zero-order valence-electron chi connectivity index (χ0n) is 10.5. The summed E-state index contributed by atoms with van der Waals surface area (Å²) >= 11 is 3.23. The summed E-state index contributed by atoms with van der Waals surface area (Å²) in [5.41, 5.74) is 2.86. The Morgan fingerprint density at radius 1 is 1.29 bits per heavy atom. The van der Waals surface area contributed by atoms with E-state index in [0.29, 0.717) is 4.47 Å². The molecule has 108 valence electrons. The number of sulfonamides is 1. The van der Waals surface area contributed by atoms with Crippen molar-refractivity contribution in [3.63, 3.8) is 0 Å². The molecule has 21 heavy (non-hydrogen) atoms. The molecule has 0 spiro atoms. The van der Waals surface area contributed by atoms with E-state index in [1.807, 2.05) is 6.07 Å². The van der Waals surface area contributed by atoms with Gasteiger partial charge in [-0.15, -0.1) is 0 Å². The van der Waals surface area contributed by atoms with Gasteiger partial charge in [0.05, 0.1) is 16.9 Å². The largest absolute Gasteiger partial charge is 0.323 e. The Hall–Kier alpha value is -2.15. The minimum atomic E-state index is -3.93. The summed E-state index contributed by atoms with van der Waals surface area (Å²) in [6, 6.07) is 8.01. The zero-order chi connectivity index (χ0) is 15.5. The van der Waals surface area contributed by atoms with Crippen molar-refractivity contribution in [2.45, 2.75) is 4.90 Å². The fraction of sp³-hybridized carbons (Fsp3) is 0. The highest BCUT2D eigenvalue weighted by Gasteiger charge is 2.20. The fourth-order valence-corrected chi connectivity index (χ4v) is 3.16. The number of hydrazine groups is 1. The molecule has 0 aliphatic rings. The monoisotopic (exact) mass is 367 g/mol. The molecule has 0 atom stereocenters. The van der Waals surface area contributed by atoms with Gasteiger partial charge in [0.25, 0.3) is 10.0 Å². The van der Waals surface area contributed by atoms with E-state index in [-0.39, 0.29) is 21.8 Å². The Morgan fingerprint density at radius 2 is 2.05 bits per heavy atom. The maximum Gasteiger partial charge on any atom is 0.265 e. The second-order valence-corrected chi connectivity index (χ2v) is 6.49. The van der Waals surface area contributed by atoms with Crippen LogP contribution in [-0.2, 0) is 10.0 Å². The van der Waals surface area contributed by atoms with Gasteiger partial charge in [0.1, 0.15) is 11.0 Å². The van der Waals surface area contributed by atoms with E-state index in [4.69, 9.17) is 11.1 Å². The topological polar surface area (TPSA) is 121 Å². The number of nitrogen functional groups attached to an aromatic ring is 1. The van der Waals surface area contributed by atoms with E-state index in [1.165, 1.54) is 30.6 Å². The molecule has 1 heterocycles. The van der Waals surface area contributed by atoms with Crippen LogP contribution in [-0.4, -0.2) is 13.4 Å². The van der Waals surface area contributed by atoms with Crippen LogP contribution in [0.15, 0.2) is 46.0 Å². The van der Waals surface area contributed by atoms with E-state index in [1.54, 1.807) is 6.07 Å². The molecule has 0 amide bonds. The number of pyridine rings is 1. The van der Waals surface area contributed by atoms with Gasteiger partial charge in [0.15, 0.2) is 0 Å². The minimum absolute atomic E-state index is 0.114. The third-order valence-corrected chi connectivity index (χ3v) is 4.46. The summed E-state index contributed by atoms with van der Waals surface area (Å²) in [7, 11) is -3.93. The number of nitrogens with two attached hydrogens (primary N) is 1. The lowest BCUT2D eigenvalue weighted by Gasteiger charge is -2.12. The van der Waals surface area contributed by atoms with Crippen LogP contribution in [0, 0.1) is 11.3 Å². The highest BCUT2D eigenvalue weighted by Crippen LogP contribution is 2.26. The summed E-state index contributed by atoms with van der Waals surface area (Å²) in [5, 5.41) is 9.03. The number of rotatable bonds is 4. The quantitative estimate of drug-likeness (QED) is 0.559. The number of hydrogen-bond donors (Lipinski definition) is 3. The van der Waals surface area contributed by atoms with Crippen LogP contribution in [0.25, 0.3) is 0 Å². The van der Waals surface area contributed by atoms with E-state index in [9.17, 15) is 8.42 Å². The third kappa shape index (κ3) is 3.30. The predicted molar refractivity (Wildman–Crippen MR) is 81.7 cm³/mol. The normalized spacial score (nSPS) is 10.7. The molecular formula is C12H10BrN5O2S. The first-order chi connectivity index (χ1) is 9.97. The van der Waals surface area contributed by atoms with Gasteiger partial charge in [-0.2, -0.15) is 5.26 Å². The van der Waals surface area contributed by atoms with Crippen LogP contribution in [0.5, 0.6) is 0 Å². The molecule has 4 N–H and O–H groups in total. The second-order valence-electron chi connectivity index (χ2n) is 3.92. The molecule has 0 saturated carbocycles. The molecule has 2 aromatic rings. The standard InChI is InChI=1S/C12H10BrN5O2S/c13-9-2-1-8(6-14)11(5-9)18-21(19,20)12-7-16-4-3-10(12)17-15/h1-5,7,18H,15H2,(H,16,17). The summed E-state index contributed by atoms with van der Waals surface area (Å²) in [4.78, 5) is 3.66. The van der Waals surface area contributed by atoms with Gasteiger partial charge in [-0.25, -0.2) is 8.42 Å². The first kappa shape index (κ1) is 15.2. The van der Waals surface area contributed by atoms with Crippen LogP contribution >= 0.6 is 15.9 Å². The van der Waals surface area contributed by atoms with Gasteiger partial charge in [0, 0.05) is 16.9 Å². The highest BCUT2D eigenvalue weighted by atomic mass is 79.9. The average molecular weight is 368 g/mol. The molecule has 0 unspecified atom stereocenters. The average Bonchev–Trinajstić information content (AvgIpc) is 2.47. The molecule has 0 radical (unpaired) electrons. The van der Waals surface area contributed by atoms with Crippen LogP contribution in [0.4, 0.5) is 11.4 Å². The molecule has 1 aromatic heterocycles. The molecule has 1 aromatic carbocycles. The first-order valence-electron chi connectivity index (χ1n) is 5.61. The number of nitriles is 1. The number of anilines is 2. The summed E-state index contributed by atoms with van der Waals surface area (Å²) in [6.07, 6.45) is 2.58. The first-order valence-corrected chi connectivity index (χ1v) is 7.88. The molecule has 7 nitrogen and oxygen atoms in total. The van der Waals surface area contributed by atoms with Crippen molar-refractivity contribution in [3.05, 3.63) is 46.7 Å². The third-order valence-electron chi connectivity index (χ3n) is 2.58. The number of benzene rings is 1. The van der Waals surface area contributed by atoms with Gasteiger partial charge < -0.3 is 5.43 Å². The molecule has 0 aliphatic carbocycles. The highest BCUT2D eigenvalue weighted by molar-refractivity contribution is 9.10. The lowest BCUT2D eigenvalue weighted by molar-refractivity contribution is 0.601. The van der Waals surface area contributed by atoms with Crippen LogP contribution in [0.1, 0.15) is 5.56 Å². The Balaban J connectivity index is 2.48. The smallest absolute Gasteiger partial charge is 0.265 e. The SMILES string of the molecule is N#Cc1ccc(Br)cc1NS(=O)(=O)c1cnccc1NN. The van der Waals surface area contributed by atoms with Crippen LogP contribution < -0.4 is 16.0 Å². The number of nitrogens with one attached hydrogen (secondary N) is 2. The van der Waals surface area contributed by atoms with Crippen molar-refractivity contribution in [1.82, 2.24) is 4.98 Å². The van der Waals surface area contributed by atoms with Crippen molar-refractivity contribution in [3.8, 4) is 6.07 Å². The molecule has 0 saturated heterocycles. The zero-order valence-corrected chi connectivity index (χ0v) is 12.9. The molecule has 9 heteroatoms. The van der Waals surface area contributed by atoms with Crippen molar-refractivity contribution < 1.29 is 8.42 Å². The van der Waals surface area contributed by atoms with Crippen molar-refractivity contribution in [2.75, 3.05) is 10.1 Å². The van der Waals surface area contributed by atoms with E-state index < -0.39 is 10.0 Å². The van der Waals surface area contributed by atoms with Gasteiger partial charge in [0.2, 0.25) is 0 Å². The Labute approximate surface area is 130 Å². The van der Waals surface area contributed by atoms with Gasteiger partial charge >= 0.3 is 0 Å². The summed E-state index contributed by atoms with van der Waals surface area (Å²) < 4.78 is 27.8. The number of nitrogens with zero attached hydrogens (tertiary/aromatic N) is 2. The van der Waals surface area contributed by atoms with Crippen molar-refractivity contribution >= 4 is 37.3 Å². The van der Waals surface area contributed by atoms with E-state index in [0.717, 1.165) is 0 Å². The van der Waals surface area contributed by atoms with E-state index in [2.05, 4.69) is 31.1 Å². The maximum absolute atomic E-state index is 12.4. The van der Waals surface area contributed by atoms with Gasteiger partial charge in [-0.1, -0.05) is 15.9 Å². The molecule has 2 rings (SSSR count). The molecule has 0 fully saturated rings. The molecule has 0 aliphatic heterocycles. The predicted octanol–water partition coefficient (Wildman–Crippen LogP) is 1.80. The molecule has 0 bridgehead atoms. The second kappa shape index (κ2) is 6.09. The number of halogens is 1. The Morgan fingerprint density at radius 3 is 2.71 bits per heavy atom. The van der Waals surface area contributed by atoms with Crippen LogP contribution in [0.2, 0.25) is 0 Å². The fourth-order valence-electron chi connectivity index (χ4n) is 1.61. The summed E-state index contributed by atoms with van der Waals surface area (Å²) in [5.74, 6) is 5.29.